The van der Waals surface area contributed by atoms with E-state index < -0.39 is 0 Å². The van der Waals surface area contributed by atoms with Gasteiger partial charge >= 0.3 is 0 Å². The Balaban J connectivity index is 1.63. The topological polar surface area (TPSA) is 33.1 Å². The van der Waals surface area contributed by atoms with Crippen LogP contribution < -0.4 is 5.32 Å². The Morgan fingerprint density at radius 3 is 2.71 bits per heavy atom. The number of aromatic nitrogens is 2. The number of nitrogens with zero attached hydrogens (tertiary/aromatic N) is 3. The van der Waals surface area contributed by atoms with Crippen molar-refractivity contribution in [2.24, 2.45) is 13.0 Å². The zero-order valence-electron chi connectivity index (χ0n) is 15.6. The number of anilines is 1. The van der Waals surface area contributed by atoms with E-state index >= 15 is 0 Å². The average Bonchev–Trinajstić information content (AvgIpc) is 3.11. The summed E-state index contributed by atoms with van der Waals surface area (Å²) in [6.45, 7) is 12.4. The Kier molecular flexibility index (Phi) is 4.68. The Hall–Kier alpha value is -1.81. The molecule has 1 unspecified atom stereocenters. The monoisotopic (exact) mass is 326 g/mol. The van der Waals surface area contributed by atoms with E-state index in [9.17, 15) is 0 Å². The number of rotatable bonds is 4. The van der Waals surface area contributed by atoms with Gasteiger partial charge in [0.25, 0.3) is 0 Å². The molecule has 1 aromatic heterocycles. The van der Waals surface area contributed by atoms with Crippen molar-refractivity contribution < 1.29 is 0 Å². The zero-order chi connectivity index (χ0) is 17.3. The molecule has 0 radical (unpaired) electrons. The molecule has 3 rings (SSSR count). The first-order valence-electron chi connectivity index (χ1n) is 8.92. The van der Waals surface area contributed by atoms with Crippen LogP contribution in [0.5, 0.6) is 0 Å². The Bertz CT molecular complexity index is 696. The molecule has 1 fully saturated rings. The molecule has 2 aromatic rings. The van der Waals surface area contributed by atoms with Crippen molar-refractivity contribution in [1.82, 2.24) is 14.7 Å². The Morgan fingerprint density at radius 1 is 1.29 bits per heavy atom. The quantitative estimate of drug-likeness (QED) is 0.924. The summed E-state index contributed by atoms with van der Waals surface area (Å²) in [6.07, 6.45) is 3.37. The lowest BCUT2D eigenvalue weighted by Gasteiger charge is -2.31. The van der Waals surface area contributed by atoms with E-state index in [2.05, 4.69) is 73.5 Å². The summed E-state index contributed by atoms with van der Waals surface area (Å²) >= 11 is 0. The van der Waals surface area contributed by atoms with Crippen molar-refractivity contribution in [1.29, 1.82) is 0 Å². The minimum atomic E-state index is 0.284. The number of aryl methyl sites for hydroxylation is 2. The van der Waals surface area contributed by atoms with Gasteiger partial charge in [-0.05, 0) is 64.3 Å². The molecule has 0 amide bonds. The summed E-state index contributed by atoms with van der Waals surface area (Å²) < 4.78 is 1.88. The molecular weight excluding hydrogens is 296 g/mol. The smallest absolute Gasteiger partial charge is 0.0671 e. The fourth-order valence-corrected chi connectivity index (χ4v) is 3.55. The fraction of sp³-hybridized carbons (Fsp3) is 0.550. The molecule has 130 valence electrons. The van der Waals surface area contributed by atoms with Crippen LogP contribution in [-0.2, 0) is 7.05 Å². The van der Waals surface area contributed by atoms with E-state index in [1.165, 1.54) is 36.3 Å². The minimum absolute atomic E-state index is 0.284. The Labute approximate surface area is 145 Å². The molecule has 2 heterocycles. The lowest BCUT2D eigenvalue weighted by molar-refractivity contribution is 0.169. The molecule has 24 heavy (non-hydrogen) atoms. The van der Waals surface area contributed by atoms with E-state index in [-0.39, 0.29) is 5.54 Å². The fourth-order valence-electron chi connectivity index (χ4n) is 3.55. The third-order valence-electron chi connectivity index (χ3n) is 5.02. The lowest BCUT2D eigenvalue weighted by atomic mass is 10.1. The van der Waals surface area contributed by atoms with Crippen molar-refractivity contribution >= 4 is 5.69 Å². The van der Waals surface area contributed by atoms with Crippen LogP contribution in [0.3, 0.4) is 0 Å². The SMILES string of the molecule is Cc1nn(C)cc1-c1cccc(NCC2CCN(C(C)(C)C)C2)c1. The van der Waals surface area contributed by atoms with Crippen molar-refractivity contribution in [3.05, 3.63) is 36.2 Å². The van der Waals surface area contributed by atoms with Gasteiger partial charge in [-0.25, -0.2) is 0 Å². The summed E-state index contributed by atoms with van der Waals surface area (Å²) in [6, 6.07) is 8.68. The predicted molar refractivity (Wildman–Crippen MR) is 101 cm³/mol. The van der Waals surface area contributed by atoms with Crippen LogP contribution in [0.4, 0.5) is 5.69 Å². The number of nitrogens with one attached hydrogen (secondary N) is 1. The number of hydrogen-bond acceptors (Lipinski definition) is 3. The number of likely N-dealkylation sites (tertiary alicyclic amines) is 1. The van der Waals surface area contributed by atoms with E-state index in [1.807, 2.05) is 11.7 Å². The highest BCUT2D eigenvalue weighted by atomic mass is 15.2. The zero-order valence-corrected chi connectivity index (χ0v) is 15.6. The number of hydrogen-bond donors (Lipinski definition) is 1. The molecule has 0 aliphatic carbocycles. The number of benzene rings is 1. The van der Waals surface area contributed by atoms with Crippen molar-refractivity contribution in [3.63, 3.8) is 0 Å². The maximum absolute atomic E-state index is 4.45. The molecule has 1 aromatic carbocycles. The van der Waals surface area contributed by atoms with Crippen LogP contribution in [0.2, 0.25) is 0 Å². The highest BCUT2D eigenvalue weighted by molar-refractivity contribution is 5.69. The normalized spacial score (nSPS) is 19.0. The highest BCUT2D eigenvalue weighted by Crippen LogP contribution is 2.27. The van der Waals surface area contributed by atoms with Gasteiger partial charge < -0.3 is 5.32 Å². The molecule has 1 aliphatic rings. The first-order chi connectivity index (χ1) is 11.3. The summed E-state index contributed by atoms with van der Waals surface area (Å²) in [4.78, 5) is 2.59. The van der Waals surface area contributed by atoms with Gasteiger partial charge in [0.1, 0.15) is 0 Å². The van der Waals surface area contributed by atoms with E-state index in [1.54, 1.807) is 0 Å². The maximum atomic E-state index is 4.45. The van der Waals surface area contributed by atoms with Gasteiger partial charge in [0.2, 0.25) is 0 Å². The molecule has 1 saturated heterocycles. The van der Waals surface area contributed by atoms with Crippen molar-refractivity contribution in [2.75, 3.05) is 25.0 Å². The summed E-state index contributed by atoms with van der Waals surface area (Å²) in [5.74, 6) is 0.730. The van der Waals surface area contributed by atoms with Crippen LogP contribution in [-0.4, -0.2) is 39.9 Å². The van der Waals surface area contributed by atoms with Gasteiger partial charge in [-0.2, -0.15) is 5.10 Å². The van der Waals surface area contributed by atoms with Gasteiger partial charge in [-0.3, -0.25) is 9.58 Å². The molecule has 0 saturated carbocycles. The maximum Gasteiger partial charge on any atom is 0.0671 e. The molecule has 1 atom stereocenters. The standard InChI is InChI=1S/C20H30N4/c1-15-19(14-23(5)22-15)17-7-6-8-18(11-17)21-12-16-9-10-24(13-16)20(2,3)4/h6-8,11,14,16,21H,9-10,12-13H2,1-5H3. The molecule has 0 spiro atoms. The Morgan fingerprint density at radius 2 is 2.08 bits per heavy atom. The van der Waals surface area contributed by atoms with Gasteiger partial charge in [0.05, 0.1) is 5.69 Å². The largest absolute Gasteiger partial charge is 0.385 e. The van der Waals surface area contributed by atoms with Crippen LogP contribution in [0, 0.1) is 12.8 Å². The molecular formula is C20H30N4. The van der Waals surface area contributed by atoms with E-state index in [0.717, 1.165) is 18.2 Å². The predicted octanol–water partition coefficient (Wildman–Crippen LogP) is 3.93. The molecule has 0 bridgehead atoms. The second-order valence-electron chi connectivity index (χ2n) is 8.04. The van der Waals surface area contributed by atoms with E-state index in [4.69, 9.17) is 0 Å². The second-order valence-corrected chi connectivity index (χ2v) is 8.04. The summed E-state index contributed by atoms with van der Waals surface area (Å²) in [5.41, 5.74) is 5.00. The van der Waals surface area contributed by atoms with Gasteiger partial charge in [0, 0.05) is 43.1 Å². The third kappa shape index (κ3) is 3.81. The molecule has 1 aliphatic heterocycles. The van der Waals surface area contributed by atoms with Gasteiger partial charge in [-0.15, -0.1) is 0 Å². The lowest BCUT2D eigenvalue weighted by Crippen LogP contribution is -2.39. The minimum Gasteiger partial charge on any atom is -0.385 e. The van der Waals surface area contributed by atoms with Gasteiger partial charge in [0.15, 0.2) is 0 Å². The summed E-state index contributed by atoms with van der Waals surface area (Å²) in [7, 11) is 1.97. The second kappa shape index (κ2) is 6.60. The first-order valence-corrected chi connectivity index (χ1v) is 8.92. The first kappa shape index (κ1) is 17.0. The van der Waals surface area contributed by atoms with Crippen molar-refractivity contribution in [2.45, 2.75) is 39.7 Å². The van der Waals surface area contributed by atoms with E-state index in [0.29, 0.717) is 0 Å². The van der Waals surface area contributed by atoms with Crippen LogP contribution in [0.1, 0.15) is 32.9 Å². The van der Waals surface area contributed by atoms with Crippen molar-refractivity contribution in [3.8, 4) is 11.1 Å². The molecule has 1 N–H and O–H groups in total. The van der Waals surface area contributed by atoms with Crippen LogP contribution in [0.15, 0.2) is 30.5 Å². The molecule has 4 nitrogen and oxygen atoms in total. The third-order valence-corrected chi connectivity index (χ3v) is 5.02. The van der Waals surface area contributed by atoms with Crippen LogP contribution in [0.25, 0.3) is 11.1 Å². The molecule has 4 heteroatoms. The highest BCUT2D eigenvalue weighted by Gasteiger charge is 2.29. The van der Waals surface area contributed by atoms with Gasteiger partial charge in [-0.1, -0.05) is 12.1 Å². The average molecular weight is 326 g/mol. The van der Waals surface area contributed by atoms with Crippen LogP contribution >= 0.6 is 0 Å². The summed E-state index contributed by atoms with van der Waals surface area (Å²) in [5, 5.41) is 8.09.